The summed E-state index contributed by atoms with van der Waals surface area (Å²) in [7, 11) is 1.65. The molecule has 0 saturated heterocycles. The highest BCUT2D eigenvalue weighted by atomic mass is 16.5. The maximum absolute atomic E-state index is 10.5. The summed E-state index contributed by atoms with van der Waals surface area (Å²) in [6.07, 6.45) is 2.99. The minimum absolute atomic E-state index is 0.521. The molecule has 0 spiro atoms. The topological polar surface area (TPSA) is 56.5 Å². The summed E-state index contributed by atoms with van der Waals surface area (Å²) >= 11 is 0. The summed E-state index contributed by atoms with van der Waals surface area (Å²) in [4.78, 5) is 4.67. The maximum atomic E-state index is 10.5. The van der Waals surface area contributed by atoms with Gasteiger partial charge in [0.1, 0.15) is 11.9 Å². The fourth-order valence-electron chi connectivity index (χ4n) is 3.28. The van der Waals surface area contributed by atoms with E-state index in [2.05, 4.69) is 22.5 Å². The molecule has 1 atom stereocenters. The number of benzene rings is 2. The Kier molecular flexibility index (Phi) is 6.71. The zero-order valence-corrected chi connectivity index (χ0v) is 16.1. The molecule has 0 aliphatic heterocycles. The second-order valence-corrected chi connectivity index (χ2v) is 6.62. The van der Waals surface area contributed by atoms with Crippen LogP contribution in [-0.2, 0) is 6.54 Å². The van der Waals surface area contributed by atoms with Crippen LogP contribution in [0.3, 0.4) is 0 Å². The lowest BCUT2D eigenvalue weighted by molar-refractivity contribution is 0.152. The number of imidazole rings is 1. The number of aromatic nitrogens is 2. The molecule has 5 nitrogen and oxygen atoms in total. The Hall–Kier alpha value is -2.53. The first-order chi connectivity index (χ1) is 13.2. The smallest absolute Gasteiger partial charge is 0.161 e. The van der Waals surface area contributed by atoms with Gasteiger partial charge in [-0.2, -0.15) is 0 Å². The van der Waals surface area contributed by atoms with Gasteiger partial charge in [0.2, 0.25) is 0 Å². The molecule has 0 radical (unpaired) electrons. The van der Waals surface area contributed by atoms with Crippen LogP contribution < -0.4 is 9.47 Å². The second kappa shape index (κ2) is 9.42. The van der Waals surface area contributed by atoms with Crippen molar-refractivity contribution in [3.05, 3.63) is 54.4 Å². The van der Waals surface area contributed by atoms with E-state index < -0.39 is 6.10 Å². The van der Waals surface area contributed by atoms with Crippen molar-refractivity contribution in [3.63, 3.8) is 0 Å². The summed E-state index contributed by atoms with van der Waals surface area (Å²) in [6.45, 7) is 3.51. The van der Waals surface area contributed by atoms with E-state index in [0.29, 0.717) is 6.61 Å². The summed E-state index contributed by atoms with van der Waals surface area (Å²) in [5, 5.41) is 10.5. The van der Waals surface area contributed by atoms with Gasteiger partial charge in [0.15, 0.2) is 11.5 Å². The van der Waals surface area contributed by atoms with E-state index in [1.54, 1.807) is 7.11 Å². The molecule has 2 aromatic carbocycles. The zero-order chi connectivity index (χ0) is 19.1. The Labute approximate surface area is 160 Å². The molecule has 1 aromatic heterocycles. The van der Waals surface area contributed by atoms with Gasteiger partial charge in [-0.3, -0.25) is 0 Å². The van der Waals surface area contributed by atoms with Gasteiger partial charge in [-0.25, -0.2) is 4.98 Å². The van der Waals surface area contributed by atoms with E-state index in [1.165, 1.54) is 0 Å². The number of ether oxygens (including phenoxy) is 2. The van der Waals surface area contributed by atoms with Crippen molar-refractivity contribution in [2.75, 3.05) is 13.7 Å². The number of aliphatic hydroxyl groups is 1. The third kappa shape index (κ3) is 4.61. The van der Waals surface area contributed by atoms with Crippen molar-refractivity contribution < 1.29 is 14.6 Å². The van der Waals surface area contributed by atoms with E-state index in [4.69, 9.17) is 9.47 Å². The van der Waals surface area contributed by atoms with Gasteiger partial charge >= 0.3 is 0 Å². The van der Waals surface area contributed by atoms with Gasteiger partial charge in [0.25, 0.3) is 0 Å². The molecule has 0 aliphatic rings. The molecular formula is C22H28N2O3. The molecule has 0 bridgehead atoms. The molecule has 0 amide bonds. The lowest BCUT2D eigenvalue weighted by Crippen LogP contribution is -2.10. The Morgan fingerprint density at radius 3 is 2.56 bits per heavy atom. The van der Waals surface area contributed by atoms with Crippen molar-refractivity contribution in [1.29, 1.82) is 0 Å². The molecule has 0 aliphatic carbocycles. The van der Waals surface area contributed by atoms with Crippen molar-refractivity contribution >= 4 is 11.0 Å². The average molecular weight is 368 g/mol. The number of aliphatic hydroxyl groups excluding tert-OH is 1. The molecule has 5 heteroatoms. The quantitative estimate of drug-likeness (QED) is 0.525. The maximum Gasteiger partial charge on any atom is 0.161 e. The van der Waals surface area contributed by atoms with Crippen molar-refractivity contribution in [2.45, 2.75) is 45.3 Å². The van der Waals surface area contributed by atoms with Crippen LogP contribution in [0.1, 0.15) is 44.5 Å². The third-order valence-electron chi connectivity index (χ3n) is 4.65. The molecule has 0 saturated carbocycles. The van der Waals surface area contributed by atoms with Crippen LogP contribution in [-0.4, -0.2) is 28.4 Å². The molecule has 1 heterocycles. The molecule has 144 valence electrons. The monoisotopic (exact) mass is 368 g/mol. The Morgan fingerprint density at radius 1 is 1.04 bits per heavy atom. The van der Waals surface area contributed by atoms with E-state index in [0.717, 1.165) is 60.6 Å². The first-order valence-electron chi connectivity index (χ1n) is 9.63. The Morgan fingerprint density at radius 2 is 1.78 bits per heavy atom. The van der Waals surface area contributed by atoms with Gasteiger partial charge in [0.05, 0.1) is 24.8 Å². The minimum Gasteiger partial charge on any atom is -0.493 e. The largest absolute Gasteiger partial charge is 0.493 e. The number of hydrogen-bond donors (Lipinski definition) is 1. The first kappa shape index (κ1) is 19.2. The highest BCUT2D eigenvalue weighted by Crippen LogP contribution is 2.26. The second-order valence-electron chi connectivity index (χ2n) is 6.62. The molecular weight excluding hydrogens is 340 g/mol. The highest BCUT2D eigenvalue weighted by Gasteiger charge is 2.17. The van der Waals surface area contributed by atoms with Crippen LogP contribution in [0.5, 0.6) is 11.5 Å². The van der Waals surface area contributed by atoms with Crippen molar-refractivity contribution in [3.8, 4) is 11.5 Å². The van der Waals surface area contributed by atoms with E-state index >= 15 is 0 Å². The van der Waals surface area contributed by atoms with Gasteiger partial charge in [-0.15, -0.1) is 0 Å². The van der Waals surface area contributed by atoms with E-state index in [9.17, 15) is 5.11 Å². The summed E-state index contributed by atoms with van der Waals surface area (Å²) in [5.74, 6) is 2.29. The molecule has 3 aromatic rings. The van der Waals surface area contributed by atoms with E-state index in [1.807, 2.05) is 42.5 Å². The van der Waals surface area contributed by atoms with Gasteiger partial charge in [0, 0.05) is 6.54 Å². The molecule has 3 rings (SSSR count). The van der Waals surface area contributed by atoms with E-state index in [-0.39, 0.29) is 0 Å². The number of rotatable bonds is 10. The Bertz CT molecular complexity index is 860. The standard InChI is InChI=1S/C22H28N2O3/c1-3-10-19(25)22-23-17-11-4-5-12-18(17)24(22)15-8-9-16-27-21-14-7-6-13-20(21)26-2/h4-7,11-14,19,25H,3,8-10,15-16H2,1-2H3/t19-/m0/s1. The number of fused-ring (bicyclic) bond motifs is 1. The number of para-hydroxylation sites is 4. The van der Waals surface area contributed by atoms with Crippen molar-refractivity contribution in [1.82, 2.24) is 9.55 Å². The fraction of sp³-hybridized carbons (Fsp3) is 0.409. The highest BCUT2D eigenvalue weighted by molar-refractivity contribution is 5.76. The molecule has 0 fully saturated rings. The summed E-state index contributed by atoms with van der Waals surface area (Å²) in [5.41, 5.74) is 2.02. The van der Waals surface area contributed by atoms with Crippen LogP contribution in [0.4, 0.5) is 0 Å². The zero-order valence-electron chi connectivity index (χ0n) is 16.1. The Balaban J connectivity index is 1.62. The van der Waals surface area contributed by atoms with Gasteiger partial charge in [-0.05, 0) is 43.5 Å². The summed E-state index contributed by atoms with van der Waals surface area (Å²) < 4.78 is 13.3. The first-order valence-corrected chi connectivity index (χ1v) is 9.63. The number of methoxy groups -OCH3 is 1. The van der Waals surface area contributed by atoms with Gasteiger partial charge < -0.3 is 19.1 Å². The summed E-state index contributed by atoms with van der Waals surface area (Å²) in [6, 6.07) is 15.7. The lowest BCUT2D eigenvalue weighted by atomic mass is 10.2. The predicted molar refractivity (Wildman–Crippen MR) is 107 cm³/mol. The van der Waals surface area contributed by atoms with Crippen LogP contribution in [0, 0.1) is 0 Å². The molecule has 0 unspecified atom stereocenters. The predicted octanol–water partition coefficient (Wildman–Crippen LogP) is 4.74. The van der Waals surface area contributed by atoms with Crippen LogP contribution >= 0.6 is 0 Å². The average Bonchev–Trinajstić information content (AvgIpc) is 3.07. The molecule has 1 N–H and O–H groups in total. The number of unbranched alkanes of at least 4 members (excludes halogenated alkanes) is 1. The number of hydrogen-bond acceptors (Lipinski definition) is 4. The lowest BCUT2D eigenvalue weighted by Gasteiger charge is -2.14. The normalized spacial score (nSPS) is 12.3. The van der Waals surface area contributed by atoms with Gasteiger partial charge in [-0.1, -0.05) is 37.6 Å². The van der Waals surface area contributed by atoms with Crippen LogP contribution in [0.25, 0.3) is 11.0 Å². The fourth-order valence-corrected chi connectivity index (χ4v) is 3.28. The SMILES string of the molecule is CCC[C@H](O)c1nc2ccccc2n1CCCCOc1ccccc1OC. The number of aryl methyl sites for hydroxylation is 1. The van der Waals surface area contributed by atoms with Crippen LogP contribution in [0.15, 0.2) is 48.5 Å². The van der Waals surface area contributed by atoms with Crippen LogP contribution in [0.2, 0.25) is 0 Å². The number of nitrogens with zero attached hydrogens (tertiary/aromatic N) is 2. The van der Waals surface area contributed by atoms with Crippen molar-refractivity contribution in [2.24, 2.45) is 0 Å². The molecule has 27 heavy (non-hydrogen) atoms. The minimum atomic E-state index is -0.521. The third-order valence-corrected chi connectivity index (χ3v) is 4.65.